The standard InChI is InChI=1S/C35H36Cl2F2N4O10S/c1-54(48,49)43(9-8-40-10-12-50-13-11-40)23-5-6-28-25(15-23)33(45)34(46)42(28)19-32(44)52-30(16-24-26(36)17-41(47)18-27(24)37)22-4-7-29(53-35(38)39)31(14-22)51-20-21-2-3-21/h4-7,14-15,17-18,21,30,35H,2-3,8-13,16,19-20H2,1H3. The van der Waals surface area contributed by atoms with Gasteiger partial charge in [0.15, 0.2) is 23.9 Å². The summed E-state index contributed by atoms with van der Waals surface area (Å²) < 4.78 is 75.3. The summed E-state index contributed by atoms with van der Waals surface area (Å²) in [5.74, 6) is -2.97. The van der Waals surface area contributed by atoms with E-state index in [0.29, 0.717) is 37.6 Å². The average molecular weight is 814 g/mol. The van der Waals surface area contributed by atoms with Gasteiger partial charge in [-0.1, -0.05) is 29.3 Å². The second kappa shape index (κ2) is 16.6. The van der Waals surface area contributed by atoms with Crippen molar-refractivity contribution in [2.75, 3.05) is 68.0 Å². The zero-order valence-corrected chi connectivity index (χ0v) is 31.2. The van der Waals surface area contributed by atoms with Gasteiger partial charge < -0.3 is 24.2 Å². The predicted molar refractivity (Wildman–Crippen MR) is 192 cm³/mol. The Kier molecular flexibility index (Phi) is 12.1. The number of alkyl halides is 2. The van der Waals surface area contributed by atoms with E-state index in [-0.39, 0.29) is 75.1 Å². The SMILES string of the molecule is CS(=O)(=O)N(CCN1CCOCC1)c1ccc2c(c1)C(=O)C(=O)N2CC(=O)OC(Cc1c(Cl)c[n+]([O-])cc1Cl)c1ccc(OC(F)F)c(OCC2CC2)c1. The number of sulfonamides is 1. The molecule has 0 bridgehead atoms. The minimum Gasteiger partial charge on any atom is -0.619 e. The van der Waals surface area contributed by atoms with E-state index < -0.39 is 46.9 Å². The van der Waals surface area contributed by atoms with Crippen molar-refractivity contribution in [2.24, 2.45) is 5.92 Å². The Balaban J connectivity index is 1.25. The van der Waals surface area contributed by atoms with Gasteiger partial charge in [-0.3, -0.25) is 28.5 Å². The minimum absolute atomic E-state index is 0.0264. The monoisotopic (exact) mass is 812 g/mol. The first-order valence-corrected chi connectivity index (χ1v) is 19.5. The maximum Gasteiger partial charge on any atom is 0.387 e. The molecule has 2 aliphatic heterocycles. The van der Waals surface area contributed by atoms with Crippen molar-refractivity contribution in [1.82, 2.24) is 4.90 Å². The predicted octanol–water partition coefficient (Wildman–Crippen LogP) is 4.17. The van der Waals surface area contributed by atoms with Gasteiger partial charge in [-0.05, 0) is 54.7 Å². The van der Waals surface area contributed by atoms with Gasteiger partial charge in [0.2, 0.25) is 10.0 Å². The van der Waals surface area contributed by atoms with Crippen molar-refractivity contribution in [3.63, 3.8) is 0 Å². The number of nitrogens with zero attached hydrogens (tertiary/aromatic N) is 4. The van der Waals surface area contributed by atoms with E-state index in [9.17, 15) is 36.8 Å². The largest absolute Gasteiger partial charge is 0.619 e. The van der Waals surface area contributed by atoms with Crippen LogP contribution in [0.4, 0.5) is 20.2 Å². The lowest BCUT2D eigenvalue weighted by Gasteiger charge is -2.30. The van der Waals surface area contributed by atoms with Crippen LogP contribution >= 0.6 is 23.2 Å². The molecule has 0 spiro atoms. The molecule has 1 atom stereocenters. The van der Waals surface area contributed by atoms with Crippen LogP contribution in [-0.2, 0) is 35.5 Å². The van der Waals surface area contributed by atoms with Gasteiger partial charge in [0.1, 0.15) is 22.7 Å². The van der Waals surface area contributed by atoms with Gasteiger partial charge in [0.25, 0.3) is 11.7 Å². The highest BCUT2D eigenvalue weighted by atomic mass is 35.5. The van der Waals surface area contributed by atoms with Gasteiger partial charge >= 0.3 is 12.6 Å². The molecule has 2 fully saturated rings. The van der Waals surface area contributed by atoms with E-state index in [1.54, 1.807) is 0 Å². The van der Waals surface area contributed by atoms with Crippen molar-refractivity contribution in [3.05, 3.63) is 80.7 Å². The van der Waals surface area contributed by atoms with Gasteiger partial charge in [-0.15, -0.1) is 0 Å². The Hall–Kier alpha value is -4.29. The molecule has 0 N–H and O–H groups in total. The van der Waals surface area contributed by atoms with Gasteiger partial charge in [-0.25, -0.2) is 8.42 Å². The van der Waals surface area contributed by atoms with Crippen LogP contribution in [0.2, 0.25) is 10.0 Å². The Morgan fingerprint density at radius 2 is 1.78 bits per heavy atom. The number of aromatic nitrogens is 1. The number of ether oxygens (including phenoxy) is 4. The summed E-state index contributed by atoms with van der Waals surface area (Å²) in [4.78, 5) is 43.0. The molecule has 14 nitrogen and oxygen atoms in total. The van der Waals surface area contributed by atoms with Crippen LogP contribution < -0.4 is 23.4 Å². The third kappa shape index (κ3) is 9.49. The number of morpholine rings is 1. The quantitative estimate of drug-likeness (QED) is 0.0885. The number of hydrogen-bond acceptors (Lipinski definition) is 11. The molecular formula is C35H36Cl2F2N4O10S. The van der Waals surface area contributed by atoms with Gasteiger partial charge in [-0.2, -0.15) is 13.5 Å². The fraction of sp³-hybridized carbons (Fsp3) is 0.429. The van der Waals surface area contributed by atoms with E-state index in [0.717, 1.165) is 40.7 Å². The second-order valence-electron chi connectivity index (χ2n) is 13.0. The lowest BCUT2D eigenvalue weighted by molar-refractivity contribution is -0.605. The van der Waals surface area contributed by atoms with Crippen LogP contribution in [0, 0.1) is 11.1 Å². The van der Waals surface area contributed by atoms with E-state index in [1.165, 1.54) is 36.4 Å². The van der Waals surface area contributed by atoms with E-state index in [1.807, 2.05) is 0 Å². The van der Waals surface area contributed by atoms with Crippen molar-refractivity contribution in [1.29, 1.82) is 0 Å². The molecule has 1 saturated carbocycles. The third-order valence-electron chi connectivity index (χ3n) is 9.10. The van der Waals surface area contributed by atoms with E-state index >= 15 is 0 Å². The lowest BCUT2D eigenvalue weighted by atomic mass is 10.0. The van der Waals surface area contributed by atoms with Crippen LogP contribution in [0.1, 0.15) is 40.4 Å². The molecule has 1 amide bonds. The number of anilines is 2. The topological polar surface area (TPSA) is 159 Å². The number of benzene rings is 2. The third-order valence-corrected chi connectivity index (χ3v) is 10.9. The zero-order chi connectivity index (χ0) is 38.7. The first-order chi connectivity index (χ1) is 25.7. The van der Waals surface area contributed by atoms with Crippen LogP contribution in [-0.4, -0.2) is 96.4 Å². The van der Waals surface area contributed by atoms with Crippen molar-refractivity contribution in [2.45, 2.75) is 32.0 Å². The van der Waals surface area contributed by atoms with E-state index in [4.69, 9.17) is 37.4 Å². The molecule has 2 aromatic carbocycles. The summed E-state index contributed by atoms with van der Waals surface area (Å²) in [5.41, 5.74) is 0.634. The average Bonchev–Trinajstić information content (AvgIpc) is 3.91. The molecule has 19 heteroatoms. The minimum atomic E-state index is -3.79. The fourth-order valence-corrected chi connectivity index (χ4v) is 7.64. The normalized spacial score (nSPS) is 16.7. The van der Waals surface area contributed by atoms with Gasteiger partial charge in [0, 0.05) is 38.2 Å². The molecule has 54 heavy (non-hydrogen) atoms. The number of carbonyl (C=O) groups is 3. The maximum atomic E-state index is 13.6. The first kappa shape index (κ1) is 39.4. The Labute approximate surface area is 319 Å². The molecule has 290 valence electrons. The number of pyridine rings is 1. The molecule has 3 aromatic rings. The van der Waals surface area contributed by atoms with Crippen molar-refractivity contribution >= 4 is 62.3 Å². The summed E-state index contributed by atoms with van der Waals surface area (Å²) in [5, 5.41) is 11.8. The summed E-state index contributed by atoms with van der Waals surface area (Å²) in [6, 6.07) is 8.13. The number of carbonyl (C=O) groups excluding carboxylic acids is 3. The molecule has 1 aliphatic carbocycles. The van der Waals surface area contributed by atoms with Gasteiger partial charge in [0.05, 0.1) is 43.0 Å². The zero-order valence-electron chi connectivity index (χ0n) is 28.9. The lowest BCUT2D eigenvalue weighted by Crippen LogP contribution is -2.43. The number of fused-ring (bicyclic) bond motifs is 1. The number of halogens is 4. The smallest absolute Gasteiger partial charge is 0.387 e. The van der Waals surface area contributed by atoms with Crippen LogP contribution in [0.3, 0.4) is 0 Å². The number of Topliss-reactive ketones (excluding diaryl/α,β-unsaturated/α-hetero) is 1. The van der Waals surface area contributed by atoms with Crippen LogP contribution in [0.25, 0.3) is 0 Å². The Morgan fingerprint density at radius 1 is 1.07 bits per heavy atom. The highest BCUT2D eigenvalue weighted by Gasteiger charge is 2.39. The summed E-state index contributed by atoms with van der Waals surface area (Å²) >= 11 is 12.7. The number of amides is 1. The summed E-state index contributed by atoms with van der Waals surface area (Å²) in [7, 11) is -3.79. The van der Waals surface area contributed by atoms with Crippen LogP contribution in [0.5, 0.6) is 11.5 Å². The second-order valence-corrected chi connectivity index (χ2v) is 15.7. The number of ketones is 1. The number of hydrogen-bond donors (Lipinski definition) is 0. The highest BCUT2D eigenvalue weighted by Crippen LogP contribution is 2.39. The summed E-state index contributed by atoms with van der Waals surface area (Å²) in [6.07, 6.45) is 3.58. The number of rotatable bonds is 16. The maximum absolute atomic E-state index is 13.6. The van der Waals surface area contributed by atoms with Crippen molar-refractivity contribution < 1.29 is 55.3 Å². The fourth-order valence-electron chi connectivity index (χ4n) is 6.13. The Bertz CT molecular complexity index is 2010. The number of esters is 1. The highest BCUT2D eigenvalue weighted by molar-refractivity contribution is 7.92. The molecule has 6 rings (SSSR count). The Morgan fingerprint density at radius 3 is 2.43 bits per heavy atom. The molecule has 3 aliphatic rings. The molecule has 0 radical (unpaired) electrons. The van der Waals surface area contributed by atoms with E-state index in [2.05, 4.69) is 9.64 Å². The van der Waals surface area contributed by atoms with Crippen molar-refractivity contribution in [3.8, 4) is 11.5 Å². The summed E-state index contributed by atoms with van der Waals surface area (Å²) in [6.45, 7) is -0.792. The molecular weight excluding hydrogens is 777 g/mol. The molecule has 1 aromatic heterocycles. The molecule has 1 unspecified atom stereocenters. The molecule has 3 heterocycles. The molecule has 1 saturated heterocycles. The van der Waals surface area contributed by atoms with Crippen LogP contribution in [0.15, 0.2) is 48.8 Å². The first-order valence-electron chi connectivity index (χ1n) is 16.9.